The molecule has 0 heterocycles. The number of nitrogens with two attached hydrogens (primary N) is 1. The first-order chi connectivity index (χ1) is 9.35. The van der Waals surface area contributed by atoms with Gasteiger partial charge in [-0.15, -0.1) is 0 Å². The second-order valence-electron chi connectivity index (χ2n) is 5.14. The van der Waals surface area contributed by atoms with Crippen molar-refractivity contribution in [2.24, 2.45) is 11.7 Å². The predicted octanol–water partition coefficient (Wildman–Crippen LogP) is 0.414. The Balaban J connectivity index is 2.47. The van der Waals surface area contributed by atoms with Gasteiger partial charge in [0.1, 0.15) is 12.1 Å². The first-order valence-electron chi connectivity index (χ1n) is 6.57. The number of carbonyl (C=O) groups is 3. The summed E-state index contributed by atoms with van der Waals surface area (Å²) in [6.07, 6.45) is 1.63. The van der Waals surface area contributed by atoms with Crippen molar-refractivity contribution in [1.29, 1.82) is 0 Å². The van der Waals surface area contributed by atoms with Gasteiger partial charge >= 0.3 is 18.1 Å². The lowest BCUT2D eigenvalue weighted by molar-refractivity contribution is -0.146. The molecule has 20 heavy (non-hydrogen) atoms. The third-order valence-corrected chi connectivity index (χ3v) is 3.39. The molecule has 0 aliphatic heterocycles. The summed E-state index contributed by atoms with van der Waals surface area (Å²) >= 11 is 0. The van der Waals surface area contributed by atoms with Gasteiger partial charge in [-0.2, -0.15) is 0 Å². The molecule has 0 radical (unpaired) electrons. The Morgan fingerprint density at radius 1 is 1.45 bits per heavy atom. The molecule has 1 fully saturated rings. The Morgan fingerprint density at radius 2 is 2.15 bits per heavy atom. The van der Waals surface area contributed by atoms with Crippen LogP contribution in [0.2, 0.25) is 0 Å². The van der Waals surface area contributed by atoms with Gasteiger partial charge in [0.15, 0.2) is 0 Å². The molecular weight excluding hydrogens is 266 g/mol. The lowest BCUT2D eigenvalue weighted by Gasteiger charge is -2.36. The number of hydrogen-bond donors (Lipinski definition) is 4. The minimum absolute atomic E-state index is 0.0563. The van der Waals surface area contributed by atoms with Gasteiger partial charge in [0.05, 0.1) is 6.54 Å². The van der Waals surface area contributed by atoms with E-state index in [1.165, 1.54) is 0 Å². The molecule has 0 bridgehead atoms. The largest absolute Gasteiger partial charge is 0.480 e. The molecule has 2 atom stereocenters. The van der Waals surface area contributed by atoms with Crippen LogP contribution in [0, 0.1) is 5.92 Å². The fourth-order valence-corrected chi connectivity index (χ4v) is 2.49. The molecule has 3 amide bonds. The van der Waals surface area contributed by atoms with Gasteiger partial charge in [0.2, 0.25) is 0 Å². The Morgan fingerprint density at radius 3 is 2.70 bits per heavy atom. The van der Waals surface area contributed by atoms with Crippen molar-refractivity contribution >= 4 is 18.1 Å². The summed E-state index contributed by atoms with van der Waals surface area (Å²) in [5.74, 6) is -0.772. The van der Waals surface area contributed by atoms with Crippen LogP contribution in [0.5, 0.6) is 0 Å². The van der Waals surface area contributed by atoms with Gasteiger partial charge in [-0.3, -0.25) is 0 Å². The number of primary amides is 1. The lowest BCUT2D eigenvalue weighted by atomic mass is 9.76. The zero-order valence-corrected chi connectivity index (χ0v) is 11.5. The highest BCUT2D eigenvalue weighted by Crippen LogP contribution is 2.32. The fraction of sp³-hybridized carbons (Fsp3) is 0.750. The molecule has 0 saturated heterocycles. The van der Waals surface area contributed by atoms with Crippen molar-refractivity contribution in [3.05, 3.63) is 0 Å². The van der Waals surface area contributed by atoms with E-state index in [0.29, 0.717) is 12.8 Å². The molecule has 0 aromatic carbocycles. The van der Waals surface area contributed by atoms with Crippen molar-refractivity contribution in [3.8, 4) is 0 Å². The summed E-state index contributed by atoms with van der Waals surface area (Å²) < 4.78 is 4.45. The van der Waals surface area contributed by atoms with E-state index >= 15 is 0 Å². The highest BCUT2D eigenvalue weighted by atomic mass is 16.5. The van der Waals surface area contributed by atoms with Crippen LogP contribution in [0.1, 0.15) is 32.6 Å². The molecular formula is C12H21N3O5. The summed E-state index contributed by atoms with van der Waals surface area (Å²) in [6, 6.07) is -0.588. The van der Waals surface area contributed by atoms with E-state index in [9.17, 15) is 19.5 Å². The van der Waals surface area contributed by atoms with Gasteiger partial charge in [-0.05, 0) is 18.8 Å². The van der Waals surface area contributed by atoms with Crippen LogP contribution >= 0.6 is 0 Å². The topological polar surface area (TPSA) is 131 Å². The highest BCUT2D eigenvalue weighted by molar-refractivity contribution is 5.86. The maximum atomic E-state index is 11.7. The van der Waals surface area contributed by atoms with E-state index in [-0.39, 0.29) is 19.1 Å². The van der Waals surface area contributed by atoms with Gasteiger partial charge in [-0.25, -0.2) is 14.4 Å². The number of urea groups is 1. The second kappa shape index (κ2) is 6.97. The molecule has 0 aromatic rings. The molecule has 2 unspecified atom stereocenters. The van der Waals surface area contributed by atoms with Crippen LogP contribution in [0.25, 0.3) is 0 Å². The smallest absolute Gasteiger partial charge is 0.404 e. The lowest BCUT2D eigenvalue weighted by Crippen LogP contribution is -2.59. The third-order valence-electron chi connectivity index (χ3n) is 3.39. The number of aliphatic carboxylic acids is 1. The molecule has 114 valence electrons. The van der Waals surface area contributed by atoms with E-state index in [2.05, 4.69) is 15.4 Å². The van der Waals surface area contributed by atoms with Crippen molar-refractivity contribution in [2.45, 2.75) is 38.1 Å². The van der Waals surface area contributed by atoms with Crippen LogP contribution < -0.4 is 16.4 Å². The molecule has 1 rings (SSSR count). The van der Waals surface area contributed by atoms with E-state index in [4.69, 9.17) is 5.73 Å². The number of rotatable bonds is 5. The minimum atomic E-state index is -1.22. The van der Waals surface area contributed by atoms with Gasteiger partial charge < -0.3 is 26.2 Å². The standard InChI is InChI=1S/C12H21N3O5/c1-8-3-2-4-12(7-8,9(16)17)15-11(19)14-5-6-20-10(13)18/h8H,2-7H2,1H3,(H2,13,18)(H,16,17)(H2,14,15,19). The quantitative estimate of drug-likeness (QED) is 0.544. The van der Waals surface area contributed by atoms with E-state index in [0.717, 1.165) is 12.8 Å². The number of ether oxygens (including phenoxy) is 1. The monoisotopic (exact) mass is 287 g/mol. The number of hydrogen-bond acceptors (Lipinski definition) is 4. The average Bonchev–Trinajstić information content (AvgIpc) is 2.34. The number of carbonyl (C=O) groups excluding carboxylic acids is 2. The zero-order valence-electron chi connectivity index (χ0n) is 11.5. The highest BCUT2D eigenvalue weighted by Gasteiger charge is 2.43. The van der Waals surface area contributed by atoms with Crippen molar-refractivity contribution < 1.29 is 24.2 Å². The molecule has 0 spiro atoms. The number of carboxylic acid groups (broad SMARTS) is 1. The maximum Gasteiger partial charge on any atom is 0.404 e. The Hall–Kier alpha value is -1.99. The molecule has 1 aliphatic rings. The molecule has 1 saturated carbocycles. The summed E-state index contributed by atoms with van der Waals surface area (Å²) in [6.45, 7) is 1.98. The SMILES string of the molecule is CC1CCCC(NC(=O)NCCOC(N)=O)(C(=O)O)C1. The van der Waals surface area contributed by atoms with Gasteiger partial charge in [0, 0.05) is 0 Å². The Labute approximate surface area is 117 Å². The Kier molecular flexibility index (Phi) is 5.60. The summed E-state index contributed by atoms with van der Waals surface area (Å²) in [5, 5.41) is 14.3. The number of amides is 3. The molecule has 8 heteroatoms. The number of carboxylic acids is 1. The maximum absolute atomic E-state index is 11.7. The van der Waals surface area contributed by atoms with Crippen molar-refractivity contribution in [1.82, 2.24) is 10.6 Å². The van der Waals surface area contributed by atoms with Crippen LogP contribution in [0.15, 0.2) is 0 Å². The second-order valence-corrected chi connectivity index (χ2v) is 5.14. The van der Waals surface area contributed by atoms with Crippen LogP contribution in [-0.4, -0.2) is 41.9 Å². The van der Waals surface area contributed by atoms with Crippen molar-refractivity contribution in [2.75, 3.05) is 13.2 Å². The fourth-order valence-electron chi connectivity index (χ4n) is 2.49. The van der Waals surface area contributed by atoms with E-state index in [1.54, 1.807) is 0 Å². The molecule has 5 N–H and O–H groups in total. The van der Waals surface area contributed by atoms with Crippen molar-refractivity contribution in [3.63, 3.8) is 0 Å². The predicted molar refractivity (Wildman–Crippen MR) is 70.1 cm³/mol. The van der Waals surface area contributed by atoms with Gasteiger partial charge in [0.25, 0.3) is 0 Å². The minimum Gasteiger partial charge on any atom is -0.480 e. The first-order valence-corrected chi connectivity index (χ1v) is 6.57. The average molecular weight is 287 g/mol. The summed E-state index contributed by atoms with van der Waals surface area (Å²) in [7, 11) is 0. The van der Waals surface area contributed by atoms with Crippen LogP contribution in [-0.2, 0) is 9.53 Å². The zero-order chi connectivity index (χ0) is 15.2. The normalized spacial score (nSPS) is 25.6. The van der Waals surface area contributed by atoms with Gasteiger partial charge in [-0.1, -0.05) is 19.8 Å². The molecule has 8 nitrogen and oxygen atoms in total. The van der Waals surface area contributed by atoms with Crippen LogP contribution in [0.4, 0.5) is 9.59 Å². The molecule has 0 aromatic heterocycles. The Bertz CT molecular complexity index is 387. The summed E-state index contributed by atoms with van der Waals surface area (Å²) in [4.78, 5) is 33.5. The number of nitrogens with one attached hydrogen (secondary N) is 2. The summed E-state index contributed by atoms with van der Waals surface area (Å²) in [5.41, 5.74) is 3.55. The third kappa shape index (κ3) is 4.60. The van der Waals surface area contributed by atoms with E-state index in [1.807, 2.05) is 6.92 Å². The van der Waals surface area contributed by atoms with Crippen LogP contribution in [0.3, 0.4) is 0 Å². The molecule has 1 aliphatic carbocycles. The first kappa shape index (κ1) is 16.1. The van der Waals surface area contributed by atoms with E-state index < -0.39 is 23.6 Å².